The summed E-state index contributed by atoms with van der Waals surface area (Å²) in [4.78, 5) is 17.5. The number of anilines is 1. The first-order valence-corrected chi connectivity index (χ1v) is 10.6. The average Bonchev–Trinajstić information content (AvgIpc) is 3.46. The van der Waals surface area contributed by atoms with E-state index in [1.807, 2.05) is 28.6 Å². The van der Waals surface area contributed by atoms with Crippen LogP contribution in [0.4, 0.5) is 9.52 Å². The summed E-state index contributed by atoms with van der Waals surface area (Å²) >= 11 is 2.69. The van der Waals surface area contributed by atoms with E-state index in [-0.39, 0.29) is 18.3 Å². The Balaban J connectivity index is 1.37. The third-order valence-electron chi connectivity index (χ3n) is 4.06. The van der Waals surface area contributed by atoms with Crippen LogP contribution >= 0.6 is 22.7 Å². The third-order valence-corrected chi connectivity index (χ3v) is 5.79. The Bertz CT molecular complexity index is 1130. The third kappa shape index (κ3) is 4.69. The fourth-order valence-corrected chi connectivity index (χ4v) is 4.09. The molecule has 0 saturated carbocycles. The van der Waals surface area contributed by atoms with Gasteiger partial charge in [-0.2, -0.15) is 5.10 Å². The van der Waals surface area contributed by atoms with E-state index < -0.39 is 0 Å². The van der Waals surface area contributed by atoms with E-state index in [2.05, 4.69) is 15.4 Å². The fraction of sp³-hybridized carbons (Fsp3) is 0.150. The lowest BCUT2D eigenvalue weighted by molar-refractivity contribution is 0.103. The van der Waals surface area contributed by atoms with Crippen LogP contribution in [0.3, 0.4) is 0 Å². The molecule has 6 nitrogen and oxygen atoms in total. The number of halogens is 1. The molecule has 4 aromatic rings. The van der Waals surface area contributed by atoms with Gasteiger partial charge in [0.15, 0.2) is 5.13 Å². The minimum Gasteiger partial charge on any atom is -0.489 e. The number of thiophene rings is 1. The van der Waals surface area contributed by atoms with Gasteiger partial charge < -0.3 is 4.74 Å². The van der Waals surface area contributed by atoms with Gasteiger partial charge in [0.05, 0.1) is 16.8 Å². The highest BCUT2D eigenvalue weighted by Gasteiger charge is 2.13. The van der Waals surface area contributed by atoms with Gasteiger partial charge in [-0.1, -0.05) is 6.07 Å². The summed E-state index contributed by atoms with van der Waals surface area (Å²) in [5.41, 5.74) is 2.54. The van der Waals surface area contributed by atoms with Crippen molar-refractivity contribution in [2.45, 2.75) is 20.1 Å². The number of nitrogens with one attached hydrogen (secondary N) is 1. The van der Waals surface area contributed by atoms with E-state index in [1.54, 1.807) is 24.4 Å². The lowest BCUT2D eigenvalue weighted by Crippen LogP contribution is -2.09. The molecule has 0 saturated heterocycles. The molecule has 4 rings (SSSR count). The van der Waals surface area contributed by atoms with Gasteiger partial charge in [-0.05, 0) is 30.5 Å². The van der Waals surface area contributed by atoms with Crippen molar-refractivity contribution in [2.75, 3.05) is 5.32 Å². The number of amides is 1. The van der Waals surface area contributed by atoms with Gasteiger partial charge in [-0.25, -0.2) is 9.37 Å². The molecule has 0 radical (unpaired) electrons. The van der Waals surface area contributed by atoms with Crippen molar-refractivity contribution in [3.8, 4) is 17.0 Å². The number of ether oxygens (including phenoxy) is 1. The number of carbonyl (C=O) groups excluding carboxylic acids is 1. The lowest BCUT2D eigenvalue weighted by atomic mass is 10.3. The monoisotopic (exact) mass is 428 g/mol. The molecule has 0 aliphatic rings. The Labute approximate surface area is 174 Å². The van der Waals surface area contributed by atoms with E-state index >= 15 is 0 Å². The number of aryl methyl sites for hydroxylation is 1. The number of nitrogens with zero attached hydrogens (tertiary/aromatic N) is 3. The van der Waals surface area contributed by atoms with Crippen LogP contribution in [0, 0.1) is 5.82 Å². The van der Waals surface area contributed by atoms with Crippen LogP contribution in [-0.2, 0) is 13.2 Å². The molecule has 148 valence electrons. The van der Waals surface area contributed by atoms with E-state index in [0.717, 1.165) is 23.4 Å². The van der Waals surface area contributed by atoms with Gasteiger partial charge in [-0.15, -0.1) is 22.7 Å². The maximum atomic E-state index is 13.2. The normalized spacial score (nSPS) is 10.8. The van der Waals surface area contributed by atoms with Crippen molar-refractivity contribution in [1.29, 1.82) is 0 Å². The lowest BCUT2D eigenvalue weighted by Gasteiger charge is -2.04. The molecule has 0 fully saturated rings. The Morgan fingerprint density at radius 3 is 2.97 bits per heavy atom. The van der Waals surface area contributed by atoms with Gasteiger partial charge in [-0.3, -0.25) is 14.8 Å². The summed E-state index contributed by atoms with van der Waals surface area (Å²) in [5, 5.41) is 11.3. The van der Waals surface area contributed by atoms with E-state index in [4.69, 9.17) is 4.74 Å². The highest BCUT2D eigenvalue weighted by molar-refractivity contribution is 7.14. The van der Waals surface area contributed by atoms with Crippen molar-refractivity contribution in [2.24, 2.45) is 0 Å². The number of carbonyl (C=O) groups is 1. The fourth-order valence-electron chi connectivity index (χ4n) is 2.59. The van der Waals surface area contributed by atoms with Gasteiger partial charge in [0.1, 0.15) is 18.2 Å². The topological polar surface area (TPSA) is 69.0 Å². The van der Waals surface area contributed by atoms with E-state index in [1.165, 1.54) is 34.8 Å². The molecule has 1 aromatic carbocycles. The zero-order valence-electron chi connectivity index (χ0n) is 15.5. The zero-order chi connectivity index (χ0) is 20.2. The predicted octanol–water partition coefficient (Wildman–Crippen LogP) is 5.06. The second-order valence-corrected chi connectivity index (χ2v) is 7.91. The molecule has 0 aliphatic heterocycles. The molecule has 1 amide bonds. The first-order valence-electron chi connectivity index (χ1n) is 8.86. The SMILES string of the molecule is CCn1cc(-c2csc(NC(=O)c3cc(COc4cccc(F)c4)cs3)n2)cn1. The Morgan fingerprint density at radius 2 is 2.17 bits per heavy atom. The Morgan fingerprint density at radius 1 is 1.28 bits per heavy atom. The molecule has 1 N–H and O–H groups in total. The molecule has 0 aliphatic carbocycles. The van der Waals surface area contributed by atoms with Gasteiger partial charge in [0.25, 0.3) is 5.91 Å². The van der Waals surface area contributed by atoms with Gasteiger partial charge >= 0.3 is 0 Å². The number of aromatic nitrogens is 3. The Hall–Kier alpha value is -3.04. The summed E-state index contributed by atoms with van der Waals surface area (Å²) in [6, 6.07) is 7.73. The van der Waals surface area contributed by atoms with Gasteiger partial charge in [0, 0.05) is 35.3 Å². The molecule has 3 heterocycles. The molecule has 0 spiro atoms. The molecule has 0 bridgehead atoms. The first kappa shape index (κ1) is 19.3. The second kappa shape index (κ2) is 8.54. The Kier molecular flexibility index (Phi) is 5.68. The van der Waals surface area contributed by atoms with Crippen molar-refractivity contribution in [1.82, 2.24) is 14.8 Å². The first-order chi connectivity index (χ1) is 14.1. The number of hydrogen-bond donors (Lipinski definition) is 1. The number of thiazole rings is 1. The van der Waals surface area contributed by atoms with Crippen LogP contribution in [0.5, 0.6) is 5.75 Å². The summed E-state index contributed by atoms with van der Waals surface area (Å²) in [5.74, 6) is -0.126. The van der Waals surface area contributed by atoms with Crippen LogP contribution in [0.25, 0.3) is 11.3 Å². The van der Waals surface area contributed by atoms with Crippen molar-refractivity contribution < 1.29 is 13.9 Å². The molecule has 3 aromatic heterocycles. The van der Waals surface area contributed by atoms with Crippen LogP contribution in [0.2, 0.25) is 0 Å². The second-order valence-electron chi connectivity index (χ2n) is 6.14. The number of hydrogen-bond acceptors (Lipinski definition) is 6. The maximum absolute atomic E-state index is 13.2. The van der Waals surface area contributed by atoms with Crippen LogP contribution < -0.4 is 10.1 Å². The van der Waals surface area contributed by atoms with Crippen molar-refractivity contribution in [3.63, 3.8) is 0 Å². The molecule has 9 heteroatoms. The van der Waals surface area contributed by atoms with Gasteiger partial charge in [0.2, 0.25) is 0 Å². The summed E-state index contributed by atoms with van der Waals surface area (Å²) in [6.07, 6.45) is 3.68. The quantitative estimate of drug-likeness (QED) is 0.447. The molecular formula is C20H17FN4O2S2. The zero-order valence-corrected chi connectivity index (χ0v) is 17.1. The van der Waals surface area contributed by atoms with E-state index in [9.17, 15) is 9.18 Å². The average molecular weight is 429 g/mol. The van der Waals surface area contributed by atoms with Crippen molar-refractivity contribution in [3.05, 3.63) is 69.7 Å². The highest BCUT2D eigenvalue weighted by atomic mass is 32.1. The standard InChI is InChI=1S/C20H17FN4O2S2/c1-2-25-9-14(8-22-25)17-12-29-20(23-17)24-19(26)18-6-13(11-28-18)10-27-16-5-3-4-15(21)7-16/h3-9,11-12H,2,10H2,1H3,(H,23,24,26). The van der Waals surface area contributed by atoms with Crippen molar-refractivity contribution >= 4 is 33.7 Å². The highest BCUT2D eigenvalue weighted by Crippen LogP contribution is 2.26. The molecule has 29 heavy (non-hydrogen) atoms. The smallest absolute Gasteiger partial charge is 0.267 e. The minimum atomic E-state index is -0.349. The van der Waals surface area contributed by atoms with Crippen LogP contribution in [0.15, 0.2) is 53.5 Å². The van der Waals surface area contributed by atoms with Crippen LogP contribution in [0.1, 0.15) is 22.2 Å². The summed E-state index contributed by atoms with van der Waals surface area (Å²) in [6.45, 7) is 3.06. The number of rotatable bonds is 7. The minimum absolute atomic E-state index is 0.225. The summed E-state index contributed by atoms with van der Waals surface area (Å²) in [7, 11) is 0. The molecule has 0 atom stereocenters. The number of benzene rings is 1. The van der Waals surface area contributed by atoms with E-state index in [0.29, 0.717) is 15.8 Å². The van der Waals surface area contributed by atoms with Crippen LogP contribution in [-0.4, -0.2) is 20.7 Å². The summed E-state index contributed by atoms with van der Waals surface area (Å²) < 4.78 is 20.6. The molecular weight excluding hydrogens is 411 g/mol. The maximum Gasteiger partial charge on any atom is 0.267 e. The molecule has 0 unspecified atom stereocenters. The predicted molar refractivity (Wildman–Crippen MR) is 112 cm³/mol. The largest absolute Gasteiger partial charge is 0.489 e.